The van der Waals surface area contributed by atoms with Crippen LogP contribution >= 0.6 is 23.2 Å². The van der Waals surface area contributed by atoms with E-state index < -0.39 is 5.82 Å². The fourth-order valence-corrected chi connectivity index (χ4v) is 4.31. The van der Waals surface area contributed by atoms with Crippen molar-refractivity contribution in [1.82, 2.24) is 14.5 Å². The highest BCUT2D eigenvalue weighted by atomic mass is 35.5. The average Bonchev–Trinajstić information content (AvgIpc) is 3.13. The van der Waals surface area contributed by atoms with Crippen LogP contribution in [0.25, 0.3) is 11.0 Å². The molecule has 0 aliphatic carbocycles. The van der Waals surface area contributed by atoms with E-state index in [0.29, 0.717) is 23.5 Å². The van der Waals surface area contributed by atoms with E-state index in [1.807, 2.05) is 0 Å². The van der Waals surface area contributed by atoms with Gasteiger partial charge in [0.25, 0.3) is 0 Å². The molecule has 1 aromatic heterocycles. The molecule has 0 spiro atoms. The van der Waals surface area contributed by atoms with E-state index in [9.17, 15) is 4.39 Å². The summed E-state index contributed by atoms with van der Waals surface area (Å²) in [7, 11) is 0. The van der Waals surface area contributed by atoms with Crippen LogP contribution in [0.5, 0.6) is 0 Å². The first-order valence-corrected chi connectivity index (χ1v) is 8.26. The number of benzene rings is 1. The molecule has 6 heteroatoms. The van der Waals surface area contributed by atoms with Crippen LogP contribution in [-0.4, -0.2) is 33.6 Å². The highest BCUT2D eigenvalue weighted by Crippen LogP contribution is 2.39. The summed E-state index contributed by atoms with van der Waals surface area (Å²) >= 11 is 12.1. The quantitative estimate of drug-likeness (QED) is 0.778. The zero-order chi connectivity index (χ0) is 14.6. The third-order valence-electron chi connectivity index (χ3n) is 4.83. The summed E-state index contributed by atoms with van der Waals surface area (Å²) in [6.07, 6.45) is 3.55. The maximum absolute atomic E-state index is 13.7. The first-order valence-electron chi connectivity index (χ1n) is 7.35. The van der Waals surface area contributed by atoms with Crippen molar-refractivity contribution in [1.29, 1.82) is 0 Å². The number of halogens is 3. The van der Waals surface area contributed by atoms with E-state index in [1.54, 1.807) is 6.07 Å². The Bertz CT molecular complexity index is 700. The second-order valence-electron chi connectivity index (χ2n) is 5.89. The van der Waals surface area contributed by atoms with Crippen molar-refractivity contribution < 1.29 is 4.39 Å². The Labute approximate surface area is 132 Å². The van der Waals surface area contributed by atoms with Crippen LogP contribution in [0.1, 0.15) is 31.1 Å². The van der Waals surface area contributed by atoms with Gasteiger partial charge in [-0.3, -0.25) is 4.90 Å². The second-order valence-corrected chi connectivity index (χ2v) is 6.56. The molecule has 2 aromatic rings. The second kappa shape index (κ2) is 5.11. The lowest BCUT2D eigenvalue weighted by Gasteiger charge is -2.23. The summed E-state index contributed by atoms with van der Waals surface area (Å²) in [5.41, 5.74) is 1.54. The predicted molar refractivity (Wildman–Crippen MR) is 82.5 cm³/mol. The molecule has 2 unspecified atom stereocenters. The molecule has 2 aliphatic heterocycles. The monoisotopic (exact) mass is 327 g/mol. The van der Waals surface area contributed by atoms with E-state index >= 15 is 0 Å². The minimum Gasteiger partial charge on any atom is -0.322 e. The molecule has 2 aliphatic rings. The van der Waals surface area contributed by atoms with Crippen molar-refractivity contribution in [2.24, 2.45) is 0 Å². The highest BCUT2D eigenvalue weighted by Gasteiger charge is 2.39. The van der Waals surface area contributed by atoms with Crippen molar-refractivity contribution in [3.05, 3.63) is 28.8 Å². The van der Waals surface area contributed by atoms with Gasteiger partial charge in [-0.15, -0.1) is 11.6 Å². The summed E-state index contributed by atoms with van der Waals surface area (Å²) in [6, 6.07) is 4.01. The summed E-state index contributed by atoms with van der Waals surface area (Å²) in [4.78, 5) is 7.05. The summed E-state index contributed by atoms with van der Waals surface area (Å²) in [6.45, 7) is 2.30. The molecule has 2 saturated heterocycles. The standard InChI is InChI=1S/C15H16Cl2FN3/c16-8-15-19-11-7-10(18)9(17)6-14(11)21(15)13-3-5-20-4-1-2-12(13)20/h6-7,12-13H,1-5,8H2. The van der Waals surface area contributed by atoms with Crippen molar-refractivity contribution in [3.63, 3.8) is 0 Å². The molecular formula is C15H16Cl2FN3. The Hall–Kier alpha value is -0.840. The van der Waals surface area contributed by atoms with E-state index in [0.717, 1.165) is 24.3 Å². The van der Waals surface area contributed by atoms with Gasteiger partial charge in [0.2, 0.25) is 0 Å². The lowest BCUT2D eigenvalue weighted by atomic mass is 10.1. The van der Waals surface area contributed by atoms with Gasteiger partial charge in [-0.25, -0.2) is 9.37 Å². The summed E-state index contributed by atoms with van der Waals surface area (Å²) in [5.74, 6) is 0.716. The Kier molecular flexibility index (Phi) is 3.36. The number of rotatable bonds is 2. The normalized spacial score (nSPS) is 25.9. The van der Waals surface area contributed by atoms with Crippen LogP contribution in [-0.2, 0) is 5.88 Å². The molecule has 4 rings (SSSR count). The Balaban J connectivity index is 1.88. The smallest absolute Gasteiger partial charge is 0.144 e. The minimum absolute atomic E-state index is 0.144. The number of alkyl halides is 1. The topological polar surface area (TPSA) is 21.1 Å². The number of fused-ring (bicyclic) bond motifs is 2. The van der Waals surface area contributed by atoms with Gasteiger partial charge in [0.15, 0.2) is 0 Å². The van der Waals surface area contributed by atoms with Crippen molar-refractivity contribution in [2.45, 2.75) is 37.2 Å². The highest BCUT2D eigenvalue weighted by molar-refractivity contribution is 6.31. The molecule has 0 bridgehead atoms. The molecule has 2 atom stereocenters. The lowest BCUT2D eigenvalue weighted by Crippen LogP contribution is -2.28. The molecule has 0 amide bonds. The Morgan fingerprint density at radius 3 is 2.90 bits per heavy atom. The van der Waals surface area contributed by atoms with Crippen LogP contribution in [0, 0.1) is 5.82 Å². The SMILES string of the molecule is Fc1cc2nc(CCl)n(C3CCN4CCCC34)c2cc1Cl. The van der Waals surface area contributed by atoms with Crippen molar-refractivity contribution >= 4 is 34.2 Å². The minimum atomic E-state index is -0.427. The molecule has 2 fully saturated rings. The number of hydrogen-bond donors (Lipinski definition) is 0. The third-order valence-corrected chi connectivity index (χ3v) is 5.35. The van der Waals surface area contributed by atoms with E-state index in [1.165, 1.54) is 25.5 Å². The average molecular weight is 328 g/mol. The molecule has 3 heterocycles. The lowest BCUT2D eigenvalue weighted by molar-refractivity contribution is 0.290. The molecule has 112 valence electrons. The maximum atomic E-state index is 13.7. The molecule has 3 nitrogen and oxygen atoms in total. The van der Waals surface area contributed by atoms with E-state index in [2.05, 4.69) is 14.5 Å². The van der Waals surface area contributed by atoms with Crippen molar-refractivity contribution in [3.8, 4) is 0 Å². The van der Waals surface area contributed by atoms with Crippen LogP contribution < -0.4 is 0 Å². The first-order chi connectivity index (χ1) is 10.2. The summed E-state index contributed by atoms with van der Waals surface area (Å²) < 4.78 is 15.9. The van der Waals surface area contributed by atoms with Crippen molar-refractivity contribution in [2.75, 3.05) is 13.1 Å². The zero-order valence-electron chi connectivity index (χ0n) is 11.5. The first kappa shape index (κ1) is 13.8. The maximum Gasteiger partial charge on any atom is 0.144 e. The molecule has 21 heavy (non-hydrogen) atoms. The van der Waals surface area contributed by atoms with Gasteiger partial charge < -0.3 is 4.57 Å². The fraction of sp³-hybridized carbons (Fsp3) is 0.533. The largest absolute Gasteiger partial charge is 0.322 e. The number of hydrogen-bond acceptors (Lipinski definition) is 2. The number of aromatic nitrogens is 2. The van der Waals surface area contributed by atoms with E-state index in [-0.39, 0.29) is 5.02 Å². The number of imidazole rings is 1. The molecule has 1 aromatic carbocycles. The van der Waals surface area contributed by atoms with Crippen LogP contribution in [0.3, 0.4) is 0 Å². The molecule has 0 saturated carbocycles. The zero-order valence-corrected chi connectivity index (χ0v) is 13.0. The number of nitrogens with zero attached hydrogens (tertiary/aromatic N) is 3. The van der Waals surface area contributed by atoms with E-state index in [4.69, 9.17) is 23.2 Å². The van der Waals surface area contributed by atoms with Gasteiger partial charge in [-0.05, 0) is 31.9 Å². The Morgan fingerprint density at radius 1 is 1.24 bits per heavy atom. The van der Waals surface area contributed by atoms with Gasteiger partial charge in [0.05, 0.1) is 28.0 Å². The van der Waals surface area contributed by atoms with Crippen LogP contribution in [0.4, 0.5) is 4.39 Å². The summed E-state index contributed by atoms with van der Waals surface area (Å²) in [5, 5.41) is 0.144. The molecular weight excluding hydrogens is 312 g/mol. The predicted octanol–water partition coefficient (Wildman–Crippen LogP) is 3.98. The molecule has 0 N–H and O–H groups in total. The molecule has 0 radical (unpaired) electrons. The van der Waals surface area contributed by atoms with Gasteiger partial charge >= 0.3 is 0 Å². The third kappa shape index (κ3) is 2.07. The van der Waals surface area contributed by atoms with Gasteiger partial charge in [0.1, 0.15) is 11.6 Å². The van der Waals surface area contributed by atoms with Gasteiger partial charge in [-0.2, -0.15) is 0 Å². The fourth-order valence-electron chi connectivity index (χ4n) is 3.96. The van der Waals surface area contributed by atoms with Crippen LogP contribution in [0.15, 0.2) is 12.1 Å². The van der Waals surface area contributed by atoms with Gasteiger partial charge in [-0.1, -0.05) is 11.6 Å². The van der Waals surface area contributed by atoms with Crippen LogP contribution in [0.2, 0.25) is 5.02 Å². The van der Waals surface area contributed by atoms with Gasteiger partial charge in [0, 0.05) is 18.7 Å². The Morgan fingerprint density at radius 2 is 2.10 bits per heavy atom.